The molecule has 106 valence electrons. The number of hydrogen-bond donors (Lipinski definition) is 3. The van der Waals surface area contributed by atoms with Gasteiger partial charge in [-0.15, -0.1) is 0 Å². The van der Waals surface area contributed by atoms with Crippen LogP contribution in [0.15, 0.2) is 40.9 Å². The van der Waals surface area contributed by atoms with Crippen molar-refractivity contribution in [3.63, 3.8) is 0 Å². The minimum atomic E-state index is -0.326. The van der Waals surface area contributed by atoms with Crippen LogP contribution in [-0.2, 0) is 0 Å². The largest absolute Gasteiger partial charge is 0.395 e. The van der Waals surface area contributed by atoms with E-state index in [1.54, 1.807) is 6.92 Å². The van der Waals surface area contributed by atoms with Gasteiger partial charge >= 0.3 is 0 Å². The van der Waals surface area contributed by atoms with Gasteiger partial charge < -0.3 is 11.1 Å². The summed E-state index contributed by atoms with van der Waals surface area (Å²) >= 11 is 3.44. The van der Waals surface area contributed by atoms with Crippen molar-refractivity contribution in [1.29, 1.82) is 0 Å². The lowest BCUT2D eigenvalue weighted by Crippen LogP contribution is -2.14. The molecule has 2 aromatic carbocycles. The number of nitrogens with one attached hydrogen (secondary N) is 2. The van der Waals surface area contributed by atoms with E-state index in [9.17, 15) is 4.79 Å². The maximum atomic E-state index is 12.2. The van der Waals surface area contributed by atoms with Gasteiger partial charge in [-0.3, -0.25) is 9.89 Å². The Bertz CT molecular complexity index is 841. The van der Waals surface area contributed by atoms with E-state index in [0.29, 0.717) is 17.1 Å². The van der Waals surface area contributed by atoms with Crippen molar-refractivity contribution in [3.8, 4) is 0 Å². The molecule has 3 aromatic rings. The standard InChI is InChI=1S/C15H13BrN4O/c1-8-13(17)14(20-19-8)15(21)18-12-5-3-9-6-11(16)4-2-10(9)7-12/h2-7H,17H2,1H3,(H,18,21)(H,19,20). The van der Waals surface area contributed by atoms with Gasteiger partial charge in [-0.25, -0.2) is 0 Å². The fraction of sp³-hybridized carbons (Fsp3) is 0.0667. The number of carbonyl (C=O) groups excluding carboxylic acids is 1. The summed E-state index contributed by atoms with van der Waals surface area (Å²) < 4.78 is 1.02. The van der Waals surface area contributed by atoms with E-state index in [1.807, 2.05) is 36.4 Å². The summed E-state index contributed by atoms with van der Waals surface area (Å²) in [6, 6.07) is 11.7. The average molecular weight is 345 g/mol. The minimum absolute atomic E-state index is 0.211. The number of amides is 1. The first kappa shape index (κ1) is 13.6. The number of nitrogens with two attached hydrogens (primary N) is 1. The summed E-state index contributed by atoms with van der Waals surface area (Å²) in [5, 5.41) is 11.6. The molecule has 0 aliphatic heterocycles. The van der Waals surface area contributed by atoms with Gasteiger partial charge in [0.15, 0.2) is 5.69 Å². The molecule has 3 rings (SSSR count). The second-order valence-corrected chi connectivity index (χ2v) is 5.69. The maximum absolute atomic E-state index is 12.2. The van der Waals surface area contributed by atoms with Crippen LogP contribution in [0.4, 0.5) is 11.4 Å². The number of halogens is 1. The Morgan fingerprint density at radius 2 is 1.95 bits per heavy atom. The summed E-state index contributed by atoms with van der Waals surface area (Å²) in [7, 11) is 0. The molecule has 5 nitrogen and oxygen atoms in total. The lowest BCUT2D eigenvalue weighted by atomic mass is 10.1. The van der Waals surface area contributed by atoms with Gasteiger partial charge in [0.2, 0.25) is 0 Å². The van der Waals surface area contributed by atoms with Gasteiger partial charge in [0, 0.05) is 10.2 Å². The summed E-state index contributed by atoms with van der Waals surface area (Å²) in [5.41, 5.74) is 7.78. The molecule has 0 spiro atoms. The lowest BCUT2D eigenvalue weighted by molar-refractivity contribution is 0.102. The Labute approximate surface area is 129 Å². The normalized spacial score (nSPS) is 10.8. The molecule has 0 unspecified atom stereocenters. The predicted molar refractivity (Wildman–Crippen MR) is 87.3 cm³/mol. The Kier molecular flexibility index (Phi) is 3.39. The number of nitrogens with zero attached hydrogens (tertiary/aromatic N) is 1. The fourth-order valence-electron chi connectivity index (χ4n) is 2.10. The van der Waals surface area contributed by atoms with Gasteiger partial charge in [-0.2, -0.15) is 5.10 Å². The number of fused-ring (bicyclic) bond motifs is 1. The summed E-state index contributed by atoms with van der Waals surface area (Å²) in [6.45, 7) is 1.77. The van der Waals surface area contributed by atoms with E-state index in [1.165, 1.54) is 0 Å². The Morgan fingerprint density at radius 3 is 2.67 bits per heavy atom. The number of anilines is 2. The minimum Gasteiger partial charge on any atom is -0.395 e. The second kappa shape index (κ2) is 5.21. The monoisotopic (exact) mass is 344 g/mol. The van der Waals surface area contributed by atoms with Crippen LogP contribution < -0.4 is 11.1 Å². The zero-order valence-electron chi connectivity index (χ0n) is 11.3. The van der Waals surface area contributed by atoms with E-state index < -0.39 is 0 Å². The molecule has 0 bridgehead atoms. The van der Waals surface area contributed by atoms with Crippen LogP contribution >= 0.6 is 15.9 Å². The molecule has 1 amide bonds. The number of aromatic nitrogens is 2. The number of aromatic amines is 1. The van der Waals surface area contributed by atoms with Gasteiger partial charge in [-0.1, -0.05) is 28.1 Å². The molecular formula is C15H13BrN4O. The molecule has 1 heterocycles. The van der Waals surface area contributed by atoms with E-state index in [4.69, 9.17) is 5.73 Å². The predicted octanol–water partition coefficient (Wildman–Crippen LogP) is 3.47. The van der Waals surface area contributed by atoms with Gasteiger partial charge in [0.25, 0.3) is 5.91 Å². The summed E-state index contributed by atoms with van der Waals surface area (Å²) in [6.07, 6.45) is 0. The van der Waals surface area contributed by atoms with Crippen molar-refractivity contribution >= 4 is 44.0 Å². The fourth-order valence-corrected chi connectivity index (χ4v) is 2.47. The number of aryl methyl sites for hydroxylation is 1. The molecule has 0 saturated carbocycles. The van der Waals surface area contributed by atoms with Crippen molar-refractivity contribution in [2.75, 3.05) is 11.1 Å². The number of H-pyrrole nitrogens is 1. The highest BCUT2D eigenvalue weighted by Gasteiger charge is 2.15. The van der Waals surface area contributed by atoms with Crippen molar-refractivity contribution in [1.82, 2.24) is 10.2 Å². The molecule has 4 N–H and O–H groups in total. The highest BCUT2D eigenvalue weighted by Crippen LogP contribution is 2.23. The highest BCUT2D eigenvalue weighted by molar-refractivity contribution is 9.10. The molecule has 0 fully saturated rings. The average Bonchev–Trinajstić information content (AvgIpc) is 2.79. The van der Waals surface area contributed by atoms with E-state index in [2.05, 4.69) is 31.4 Å². The zero-order valence-corrected chi connectivity index (χ0v) is 12.9. The summed E-state index contributed by atoms with van der Waals surface area (Å²) in [4.78, 5) is 12.2. The number of nitrogen functional groups attached to an aromatic ring is 1. The van der Waals surface area contributed by atoms with Crippen molar-refractivity contribution < 1.29 is 4.79 Å². The molecule has 0 radical (unpaired) electrons. The maximum Gasteiger partial charge on any atom is 0.278 e. The number of rotatable bonds is 2. The Balaban J connectivity index is 1.89. The van der Waals surface area contributed by atoms with E-state index in [-0.39, 0.29) is 11.6 Å². The first-order valence-electron chi connectivity index (χ1n) is 6.36. The van der Waals surface area contributed by atoms with Gasteiger partial charge in [0.1, 0.15) is 0 Å². The van der Waals surface area contributed by atoms with E-state index >= 15 is 0 Å². The van der Waals surface area contributed by atoms with Crippen LogP contribution in [-0.4, -0.2) is 16.1 Å². The molecule has 1 aromatic heterocycles. The first-order chi connectivity index (χ1) is 10.0. The van der Waals surface area contributed by atoms with Crippen molar-refractivity contribution in [3.05, 3.63) is 52.3 Å². The van der Waals surface area contributed by atoms with Gasteiger partial charge in [-0.05, 0) is 42.0 Å². The van der Waals surface area contributed by atoms with Crippen LogP contribution in [0, 0.1) is 6.92 Å². The van der Waals surface area contributed by atoms with Crippen molar-refractivity contribution in [2.24, 2.45) is 0 Å². The first-order valence-corrected chi connectivity index (χ1v) is 7.15. The van der Waals surface area contributed by atoms with Gasteiger partial charge in [0.05, 0.1) is 11.4 Å². The smallest absolute Gasteiger partial charge is 0.278 e. The zero-order chi connectivity index (χ0) is 15.0. The third-order valence-electron chi connectivity index (χ3n) is 3.27. The summed E-state index contributed by atoms with van der Waals surface area (Å²) in [5.74, 6) is -0.326. The Hall–Kier alpha value is -2.34. The molecule has 0 saturated heterocycles. The van der Waals surface area contributed by atoms with Crippen LogP contribution in [0.3, 0.4) is 0 Å². The Morgan fingerprint density at radius 1 is 1.24 bits per heavy atom. The third-order valence-corrected chi connectivity index (χ3v) is 3.76. The number of hydrogen-bond acceptors (Lipinski definition) is 3. The molecule has 0 aliphatic rings. The highest BCUT2D eigenvalue weighted by atomic mass is 79.9. The molecule has 0 atom stereocenters. The van der Waals surface area contributed by atoms with Crippen LogP contribution in [0.1, 0.15) is 16.2 Å². The van der Waals surface area contributed by atoms with Crippen LogP contribution in [0.5, 0.6) is 0 Å². The SMILES string of the molecule is Cc1[nH]nc(C(=O)Nc2ccc3cc(Br)ccc3c2)c1N. The van der Waals surface area contributed by atoms with Crippen LogP contribution in [0.2, 0.25) is 0 Å². The van der Waals surface area contributed by atoms with Crippen LogP contribution in [0.25, 0.3) is 10.8 Å². The molecule has 0 aliphatic carbocycles. The van der Waals surface area contributed by atoms with E-state index in [0.717, 1.165) is 15.2 Å². The quantitative estimate of drug-likeness (QED) is 0.665. The molecular weight excluding hydrogens is 332 g/mol. The molecule has 21 heavy (non-hydrogen) atoms. The van der Waals surface area contributed by atoms with Crippen molar-refractivity contribution in [2.45, 2.75) is 6.92 Å². The number of benzene rings is 2. The second-order valence-electron chi connectivity index (χ2n) is 4.77. The molecule has 6 heteroatoms. The lowest BCUT2D eigenvalue weighted by Gasteiger charge is -2.06. The number of carbonyl (C=O) groups is 1. The topological polar surface area (TPSA) is 83.8 Å². The third kappa shape index (κ3) is 2.62.